The molecule has 0 amide bonds. The van der Waals surface area contributed by atoms with Gasteiger partial charge in [-0.1, -0.05) is 35.9 Å². The number of anilines is 1. The Kier molecular flexibility index (Phi) is 4.50. The van der Waals surface area contributed by atoms with Crippen molar-refractivity contribution in [1.82, 2.24) is 9.78 Å². The van der Waals surface area contributed by atoms with Crippen LogP contribution in [0.1, 0.15) is 5.56 Å². The highest BCUT2D eigenvalue weighted by Gasteiger charge is 2.13. The van der Waals surface area contributed by atoms with Gasteiger partial charge in [0.1, 0.15) is 5.02 Å². The predicted octanol–water partition coefficient (Wildman–Crippen LogP) is 3.27. The number of nitrogens with one attached hydrogen (secondary N) is 1. The van der Waals surface area contributed by atoms with Gasteiger partial charge in [-0.15, -0.1) is 0 Å². The maximum absolute atomic E-state index is 12.4. The summed E-state index contributed by atoms with van der Waals surface area (Å²) in [4.78, 5) is 12.4. The minimum Gasteiger partial charge on any atom is -0.454 e. The minimum absolute atomic E-state index is 0.120. The third kappa shape index (κ3) is 3.23. The average Bonchev–Trinajstić information content (AvgIpc) is 3.14. The molecule has 2 aromatic carbocycles. The molecule has 132 valence electrons. The largest absolute Gasteiger partial charge is 0.454 e. The molecule has 0 unspecified atom stereocenters. The quantitative estimate of drug-likeness (QED) is 0.747. The van der Waals surface area contributed by atoms with Crippen molar-refractivity contribution in [3.8, 4) is 17.2 Å². The number of halogens is 1. The smallest absolute Gasteiger partial charge is 0.292 e. The summed E-state index contributed by atoms with van der Waals surface area (Å²) in [5.74, 6) is 1.52. The van der Waals surface area contributed by atoms with Crippen LogP contribution in [0.25, 0.3) is 5.69 Å². The summed E-state index contributed by atoms with van der Waals surface area (Å²) in [5, 5.41) is 7.49. The zero-order chi connectivity index (χ0) is 17.9. The van der Waals surface area contributed by atoms with E-state index in [0.29, 0.717) is 17.9 Å². The Hall–Kier alpha value is -2.99. The summed E-state index contributed by atoms with van der Waals surface area (Å²) < 4.78 is 12.0. The Morgan fingerprint density at radius 1 is 1.12 bits per heavy atom. The second-order valence-electron chi connectivity index (χ2n) is 5.79. The normalized spacial score (nSPS) is 12.2. The number of benzene rings is 2. The Morgan fingerprint density at radius 2 is 1.92 bits per heavy atom. The van der Waals surface area contributed by atoms with Crippen LogP contribution in [-0.2, 0) is 6.42 Å². The van der Waals surface area contributed by atoms with Crippen molar-refractivity contribution >= 4 is 17.3 Å². The van der Waals surface area contributed by atoms with E-state index in [9.17, 15) is 4.79 Å². The van der Waals surface area contributed by atoms with Gasteiger partial charge < -0.3 is 14.8 Å². The van der Waals surface area contributed by atoms with E-state index in [0.717, 1.165) is 23.5 Å². The first-order valence-corrected chi connectivity index (χ1v) is 8.56. The third-order valence-electron chi connectivity index (χ3n) is 4.09. The number of aromatic nitrogens is 2. The van der Waals surface area contributed by atoms with Crippen molar-refractivity contribution < 1.29 is 9.47 Å². The van der Waals surface area contributed by atoms with Crippen molar-refractivity contribution in [1.29, 1.82) is 0 Å². The maximum atomic E-state index is 12.4. The molecule has 3 aromatic rings. The predicted molar refractivity (Wildman–Crippen MR) is 99.6 cm³/mol. The molecule has 1 N–H and O–H groups in total. The topological polar surface area (TPSA) is 65.4 Å². The molecule has 0 saturated heterocycles. The van der Waals surface area contributed by atoms with Gasteiger partial charge >= 0.3 is 0 Å². The van der Waals surface area contributed by atoms with Gasteiger partial charge in [-0.05, 0) is 36.2 Å². The molecule has 1 aromatic heterocycles. The van der Waals surface area contributed by atoms with Gasteiger partial charge in [-0.2, -0.15) is 9.78 Å². The Bertz CT molecular complexity index is 989. The maximum Gasteiger partial charge on any atom is 0.292 e. The number of hydrogen-bond acceptors (Lipinski definition) is 5. The Morgan fingerprint density at radius 3 is 2.77 bits per heavy atom. The van der Waals surface area contributed by atoms with E-state index in [1.54, 1.807) is 18.3 Å². The molecule has 0 atom stereocenters. The summed E-state index contributed by atoms with van der Waals surface area (Å²) in [6.07, 6.45) is 2.31. The van der Waals surface area contributed by atoms with E-state index in [1.807, 2.05) is 36.4 Å². The van der Waals surface area contributed by atoms with Crippen LogP contribution < -0.4 is 20.3 Å². The standard InChI is InChI=1S/C19H16ClN3O3/c20-18-15(11-22-23(19(18)24)14-4-2-1-3-5-14)21-9-8-13-6-7-16-17(10-13)26-12-25-16/h1-7,10-11,21H,8-9,12H2. The number of fused-ring (bicyclic) bond motifs is 1. The molecule has 26 heavy (non-hydrogen) atoms. The summed E-state index contributed by atoms with van der Waals surface area (Å²) >= 11 is 6.23. The molecule has 1 aliphatic heterocycles. The lowest BCUT2D eigenvalue weighted by atomic mass is 10.1. The van der Waals surface area contributed by atoms with Crippen LogP contribution in [0, 0.1) is 0 Å². The molecule has 6 nitrogen and oxygen atoms in total. The first kappa shape index (κ1) is 16.5. The van der Waals surface area contributed by atoms with Crippen LogP contribution in [0.4, 0.5) is 5.69 Å². The zero-order valence-electron chi connectivity index (χ0n) is 13.8. The van der Waals surface area contributed by atoms with Crippen LogP contribution in [0.2, 0.25) is 5.02 Å². The number of ether oxygens (including phenoxy) is 2. The summed E-state index contributed by atoms with van der Waals surface area (Å²) in [6, 6.07) is 15.0. The highest BCUT2D eigenvalue weighted by Crippen LogP contribution is 2.32. The molecule has 0 spiro atoms. The SMILES string of the molecule is O=c1c(Cl)c(NCCc2ccc3c(c2)OCO3)cnn1-c1ccccc1. The van der Waals surface area contributed by atoms with E-state index in [2.05, 4.69) is 10.4 Å². The molecule has 0 saturated carbocycles. The van der Waals surface area contributed by atoms with E-state index in [4.69, 9.17) is 21.1 Å². The van der Waals surface area contributed by atoms with Crippen molar-refractivity contribution in [2.75, 3.05) is 18.7 Å². The summed E-state index contributed by atoms with van der Waals surface area (Å²) in [6.45, 7) is 0.867. The second kappa shape index (κ2) is 7.09. The molecular weight excluding hydrogens is 354 g/mol. The Balaban J connectivity index is 1.45. The second-order valence-corrected chi connectivity index (χ2v) is 6.17. The van der Waals surface area contributed by atoms with E-state index in [-0.39, 0.29) is 17.4 Å². The number of nitrogens with zero attached hydrogens (tertiary/aromatic N) is 2. The van der Waals surface area contributed by atoms with E-state index < -0.39 is 0 Å². The van der Waals surface area contributed by atoms with Crippen LogP contribution in [0.15, 0.2) is 59.5 Å². The van der Waals surface area contributed by atoms with Gasteiger partial charge in [0.15, 0.2) is 11.5 Å². The first-order valence-electron chi connectivity index (χ1n) is 8.18. The molecule has 4 rings (SSSR count). The highest BCUT2D eigenvalue weighted by atomic mass is 35.5. The average molecular weight is 370 g/mol. The molecule has 0 fully saturated rings. The lowest BCUT2D eigenvalue weighted by Gasteiger charge is -2.10. The van der Waals surface area contributed by atoms with Crippen LogP contribution in [0.5, 0.6) is 11.5 Å². The van der Waals surface area contributed by atoms with Crippen molar-refractivity contribution in [2.45, 2.75) is 6.42 Å². The lowest BCUT2D eigenvalue weighted by molar-refractivity contribution is 0.174. The molecule has 0 aliphatic carbocycles. The van der Waals surface area contributed by atoms with Gasteiger partial charge in [-0.25, -0.2) is 0 Å². The minimum atomic E-state index is -0.356. The van der Waals surface area contributed by atoms with Crippen molar-refractivity contribution in [2.24, 2.45) is 0 Å². The molecule has 0 radical (unpaired) electrons. The zero-order valence-corrected chi connectivity index (χ0v) is 14.6. The summed E-state index contributed by atoms with van der Waals surface area (Å²) in [7, 11) is 0. The number of para-hydroxylation sites is 1. The molecule has 7 heteroatoms. The van der Waals surface area contributed by atoms with E-state index in [1.165, 1.54) is 4.68 Å². The molecule has 1 aliphatic rings. The number of hydrogen-bond donors (Lipinski definition) is 1. The van der Waals surface area contributed by atoms with Gasteiger partial charge in [-0.3, -0.25) is 4.79 Å². The monoisotopic (exact) mass is 369 g/mol. The van der Waals surface area contributed by atoms with Crippen LogP contribution >= 0.6 is 11.6 Å². The van der Waals surface area contributed by atoms with Gasteiger partial charge in [0.25, 0.3) is 5.56 Å². The van der Waals surface area contributed by atoms with Crippen molar-refractivity contribution in [3.63, 3.8) is 0 Å². The fourth-order valence-corrected chi connectivity index (χ4v) is 2.94. The van der Waals surface area contributed by atoms with E-state index >= 15 is 0 Å². The van der Waals surface area contributed by atoms with Crippen molar-refractivity contribution in [3.05, 3.63) is 75.7 Å². The fraction of sp³-hybridized carbons (Fsp3) is 0.158. The van der Waals surface area contributed by atoms with Crippen LogP contribution in [-0.4, -0.2) is 23.1 Å². The number of rotatable bonds is 5. The van der Waals surface area contributed by atoms with Gasteiger partial charge in [0.2, 0.25) is 6.79 Å². The molecule has 2 heterocycles. The highest BCUT2D eigenvalue weighted by molar-refractivity contribution is 6.32. The van der Waals surface area contributed by atoms with Crippen LogP contribution in [0.3, 0.4) is 0 Å². The van der Waals surface area contributed by atoms with Gasteiger partial charge in [0.05, 0.1) is 17.6 Å². The molecular formula is C19H16ClN3O3. The third-order valence-corrected chi connectivity index (χ3v) is 4.45. The fourth-order valence-electron chi connectivity index (χ4n) is 2.75. The lowest BCUT2D eigenvalue weighted by Crippen LogP contribution is -2.23. The Labute approximate surface area is 154 Å². The first-order chi connectivity index (χ1) is 12.7. The van der Waals surface area contributed by atoms with Gasteiger partial charge in [0, 0.05) is 6.54 Å². The molecule has 0 bridgehead atoms. The summed E-state index contributed by atoms with van der Waals surface area (Å²) in [5.41, 5.74) is 1.94.